The highest BCUT2D eigenvalue weighted by Crippen LogP contribution is 2.35. The molecule has 2 aromatic rings. The Morgan fingerprint density at radius 3 is 2.30 bits per heavy atom. The maximum atomic E-state index is 12.1. The molecule has 0 spiro atoms. The fraction of sp³-hybridized carbons (Fsp3) is 0.143. The molecular formula is C14H13Cl3N2O3S. The Morgan fingerprint density at radius 1 is 1.04 bits per heavy atom. The van der Waals surface area contributed by atoms with Crippen LogP contribution in [0.5, 0.6) is 0 Å². The van der Waals surface area contributed by atoms with Crippen LogP contribution in [-0.2, 0) is 10.0 Å². The van der Waals surface area contributed by atoms with Gasteiger partial charge in [-0.15, -0.1) is 0 Å². The van der Waals surface area contributed by atoms with E-state index in [0.717, 1.165) is 0 Å². The highest BCUT2D eigenvalue weighted by atomic mass is 35.5. The summed E-state index contributed by atoms with van der Waals surface area (Å²) in [5, 5.41) is 12.7. The van der Waals surface area contributed by atoms with Gasteiger partial charge in [0.15, 0.2) is 0 Å². The van der Waals surface area contributed by atoms with Crippen molar-refractivity contribution in [3.05, 3.63) is 51.5 Å². The highest BCUT2D eigenvalue weighted by molar-refractivity contribution is 7.89. The topological polar surface area (TPSA) is 78.4 Å². The number of sulfonamides is 1. The Balaban J connectivity index is 2.31. The van der Waals surface area contributed by atoms with E-state index in [1.165, 1.54) is 24.3 Å². The van der Waals surface area contributed by atoms with Crippen molar-refractivity contribution in [1.82, 2.24) is 4.72 Å². The fourth-order valence-corrected chi connectivity index (χ4v) is 3.79. The van der Waals surface area contributed by atoms with Crippen molar-refractivity contribution in [3.63, 3.8) is 0 Å². The number of benzene rings is 2. The van der Waals surface area contributed by atoms with Crippen molar-refractivity contribution in [3.8, 4) is 0 Å². The van der Waals surface area contributed by atoms with Gasteiger partial charge in [-0.25, -0.2) is 13.1 Å². The Hall–Kier alpha value is -1.02. The zero-order valence-corrected chi connectivity index (χ0v) is 14.8. The molecule has 0 saturated heterocycles. The SMILES string of the molecule is O=S(=O)(NCCO)c1cccc(Nc2c(Cl)cc(Cl)cc2Cl)c1. The van der Waals surface area contributed by atoms with Crippen molar-refractivity contribution >= 4 is 56.2 Å². The van der Waals surface area contributed by atoms with E-state index in [1.54, 1.807) is 12.1 Å². The number of halogens is 3. The van der Waals surface area contributed by atoms with Crippen LogP contribution in [0.1, 0.15) is 0 Å². The number of anilines is 2. The first-order chi connectivity index (χ1) is 10.8. The lowest BCUT2D eigenvalue weighted by Crippen LogP contribution is -2.26. The molecule has 0 saturated carbocycles. The van der Waals surface area contributed by atoms with E-state index in [2.05, 4.69) is 10.0 Å². The number of aliphatic hydroxyl groups excluding tert-OH is 1. The van der Waals surface area contributed by atoms with Crippen LogP contribution in [0.2, 0.25) is 15.1 Å². The first-order valence-corrected chi connectivity index (χ1v) is 9.07. The molecular weight excluding hydrogens is 383 g/mol. The maximum absolute atomic E-state index is 12.1. The monoisotopic (exact) mass is 394 g/mol. The second-order valence-electron chi connectivity index (χ2n) is 4.52. The molecule has 0 bridgehead atoms. The van der Waals surface area contributed by atoms with Gasteiger partial charge in [0.25, 0.3) is 0 Å². The van der Waals surface area contributed by atoms with Crippen molar-refractivity contribution in [2.75, 3.05) is 18.5 Å². The van der Waals surface area contributed by atoms with Gasteiger partial charge in [-0.05, 0) is 30.3 Å². The average Bonchev–Trinajstić information content (AvgIpc) is 2.49. The minimum absolute atomic E-state index is 0.0529. The highest BCUT2D eigenvalue weighted by Gasteiger charge is 2.14. The molecule has 2 rings (SSSR count). The standard InChI is InChI=1S/C14H13Cl3N2O3S/c15-9-6-12(16)14(13(17)7-9)19-10-2-1-3-11(8-10)23(21,22)18-4-5-20/h1-3,6-8,18-20H,4-5H2. The normalized spacial score (nSPS) is 11.5. The number of hydrogen-bond donors (Lipinski definition) is 3. The van der Waals surface area contributed by atoms with Crippen LogP contribution < -0.4 is 10.0 Å². The van der Waals surface area contributed by atoms with Gasteiger partial charge >= 0.3 is 0 Å². The molecule has 0 amide bonds. The number of aliphatic hydroxyl groups is 1. The molecule has 124 valence electrons. The van der Waals surface area contributed by atoms with E-state index in [-0.39, 0.29) is 18.0 Å². The minimum atomic E-state index is -3.70. The van der Waals surface area contributed by atoms with Crippen molar-refractivity contribution in [2.45, 2.75) is 4.90 Å². The van der Waals surface area contributed by atoms with Crippen LogP contribution in [0.3, 0.4) is 0 Å². The van der Waals surface area contributed by atoms with Gasteiger partial charge in [0, 0.05) is 17.3 Å². The molecule has 0 unspecified atom stereocenters. The Kier molecular flexibility index (Phi) is 6.13. The third-order valence-electron chi connectivity index (χ3n) is 2.82. The summed E-state index contributed by atoms with van der Waals surface area (Å²) in [5.74, 6) is 0. The zero-order valence-electron chi connectivity index (χ0n) is 11.7. The van der Waals surface area contributed by atoms with Crippen LogP contribution >= 0.6 is 34.8 Å². The molecule has 0 aromatic heterocycles. The third kappa shape index (κ3) is 4.73. The predicted molar refractivity (Wildman–Crippen MR) is 93.5 cm³/mol. The summed E-state index contributed by atoms with van der Waals surface area (Å²) in [4.78, 5) is 0.0529. The summed E-state index contributed by atoms with van der Waals surface area (Å²) in [6.45, 7) is -0.345. The lowest BCUT2D eigenvalue weighted by Gasteiger charge is -2.12. The van der Waals surface area contributed by atoms with Gasteiger partial charge in [-0.2, -0.15) is 0 Å². The second-order valence-corrected chi connectivity index (χ2v) is 7.54. The molecule has 3 N–H and O–H groups in total. The van der Waals surface area contributed by atoms with Gasteiger partial charge in [-0.1, -0.05) is 40.9 Å². The molecule has 5 nitrogen and oxygen atoms in total. The van der Waals surface area contributed by atoms with Gasteiger partial charge < -0.3 is 10.4 Å². The van der Waals surface area contributed by atoms with Crippen molar-refractivity contribution in [1.29, 1.82) is 0 Å². The smallest absolute Gasteiger partial charge is 0.240 e. The van der Waals surface area contributed by atoms with Crippen LogP contribution in [0.4, 0.5) is 11.4 Å². The molecule has 9 heteroatoms. The van der Waals surface area contributed by atoms with Crippen molar-refractivity contribution in [2.24, 2.45) is 0 Å². The lowest BCUT2D eigenvalue weighted by molar-refractivity contribution is 0.301. The number of rotatable bonds is 6. The Bertz CT molecular complexity index is 790. The van der Waals surface area contributed by atoms with Crippen LogP contribution in [0.25, 0.3) is 0 Å². The van der Waals surface area contributed by atoms with E-state index >= 15 is 0 Å². The van der Waals surface area contributed by atoms with Gasteiger partial charge in [0.2, 0.25) is 10.0 Å². The average molecular weight is 396 g/mol. The molecule has 0 aliphatic carbocycles. The zero-order chi connectivity index (χ0) is 17.0. The summed E-state index contributed by atoms with van der Waals surface area (Å²) in [6, 6.07) is 9.18. The van der Waals surface area contributed by atoms with Crippen LogP contribution in [0.15, 0.2) is 41.3 Å². The second kappa shape index (κ2) is 7.70. The molecule has 0 atom stereocenters. The number of hydrogen-bond acceptors (Lipinski definition) is 4. The summed E-state index contributed by atoms with van der Waals surface area (Å²) in [7, 11) is -3.70. The molecule has 0 radical (unpaired) electrons. The van der Waals surface area contributed by atoms with E-state index < -0.39 is 10.0 Å². The Labute approximate surface area is 149 Å². The minimum Gasteiger partial charge on any atom is -0.395 e. The molecule has 23 heavy (non-hydrogen) atoms. The lowest BCUT2D eigenvalue weighted by atomic mass is 10.2. The van der Waals surface area contributed by atoms with Crippen LogP contribution in [0, 0.1) is 0 Å². The molecule has 0 heterocycles. The van der Waals surface area contributed by atoms with E-state index in [4.69, 9.17) is 39.9 Å². The molecule has 0 fully saturated rings. The van der Waals surface area contributed by atoms with Crippen molar-refractivity contribution < 1.29 is 13.5 Å². The molecule has 0 aliphatic heterocycles. The maximum Gasteiger partial charge on any atom is 0.240 e. The third-order valence-corrected chi connectivity index (χ3v) is 5.10. The fourth-order valence-electron chi connectivity index (χ4n) is 1.81. The summed E-state index contributed by atoms with van der Waals surface area (Å²) in [5.41, 5.74) is 0.915. The summed E-state index contributed by atoms with van der Waals surface area (Å²) >= 11 is 18.0. The van der Waals surface area contributed by atoms with Gasteiger partial charge in [0.1, 0.15) is 0 Å². The van der Waals surface area contributed by atoms with E-state index in [0.29, 0.717) is 26.4 Å². The Morgan fingerprint density at radius 2 is 1.70 bits per heavy atom. The van der Waals surface area contributed by atoms with Gasteiger partial charge in [-0.3, -0.25) is 0 Å². The first-order valence-electron chi connectivity index (χ1n) is 6.45. The van der Waals surface area contributed by atoms with Gasteiger partial charge in [0.05, 0.1) is 27.2 Å². The number of nitrogens with one attached hydrogen (secondary N) is 2. The largest absolute Gasteiger partial charge is 0.395 e. The quantitative estimate of drug-likeness (QED) is 0.697. The predicted octanol–water partition coefficient (Wildman–Crippen LogP) is 3.66. The van der Waals surface area contributed by atoms with E-state index in [1.807, 2.05) is 0 Å². The molecule has 0 aliphatic rings. The summed E-state index contributed by atoms with van der Waals surface area (Å²) in [6.07, 6.45) is 0. The first kappa shape index (κ1) is 18.3. The van der Waals surface area contributed by atoms with E-state index in [9.17, 15) is 8.42 Å². The summed E-state index contributed by atoms with van der Waals surface area (Å²) < 4.78 is 26.4. The van der Waals surface area contributed by atoms with Crippen LogP contribution in [-0.4, -0.2) is 26.7 Å². The molecule has 2 aromatic carbocycles.